The summed E-state index contributed by atoms with van der Waals surface area (Å²) >= 11 is 0. The van der Waals surface area contributed by atoms with Crippen LogP contribution in [0.25, 0.3) is 0 Å². The molecule has 0 bridgehead atoms. The van der Waals surface area contributed by atoms with E-state index in [-0.39, 0.29) is 22.3 Å². The molecule has 0 fully saturated rings. The maximum atomic E-state index is 13.0. The number of H-pyrrole nitrogens is 2. The minimum absolute atomic E-state index is 0.0546. The van der Waals surface area contributed by atoms with Crippen molar-refractivity contribution in [3.63, 3.8) is 0 Å². The normalized spacial score (nSPS) is 15.5. The third kappa shape index (κ3) is 6.54. The van der Waals surface area contributed by atoms with Gasteiger partial charge in [-0.1, -0.05) is 87.4 Å². The van der Waals surface area contributed by atoms with Crippen molar-refractivity contribution < 1.29 is 13.3 Å². The Bertz CT molecular complexity index is 1410. The smallest absolute Gasteiger partial charge is 0.283 e. The Kier molecular flexibility index (Phi) is 9.39. The molecule has 4 unspecified atom stereocenters. The highest BCUT2D eigenvalue weighted by Gasteiger charge is 2.32. The van der Waals surface area contributed by atoms with Gasteiger partial charge in [-0.05, 0) is 36.8 Å². The van der Waals surface area contributed by atoms with Crippen LogP contribution >= 0.6 is 0 Å². The molecule has 8 heteroatoms. The van der Waals surface area contributed by atoms with Crippen LogP contribution in [0.3, 0.4) is 0 Å². The van der Waals surface area contributed by atoms with Gasteiger partial charge in [-0.2, -0.15) is 10.3 Å². The average Bonchev–Trinajstić information content (AvgIpc) is 3.57. The highest BCUT2D eigenvalue weighted by Crippen LogP contribution is 2.35. The first-order valence-electron chi connectivity index (χ1n) is 13.2. The van der Waals surface area contributed by atoms with Crippen molar-refractivity contribution in [2.24, 2.45) is 0 Å². The Labute approximate surface area is 225 Å². The van der Waals surface area contributed by atoms with E-state index in [4.69, 9.17) is 9.05 Å². The average molecular weight is 537 g/mol. The van der Waals surface area contributed by atoms with Crippen molar-refractivity contribution in [1.29, 1.82) is 0 Å². The molecule has 0 aliphatic rings. The van der Waals surface area contributed by atoms with Crippen LogP contribution in [0.4, 0.5) is 0 Å². The fourth-order valence-corrected chi connectivity index (χ4v) is 6.54. The first-order valence-corrected chi connectivity index (χ1v) is 14.6. The molecule has 2 aromatic carbocycles. The van der Waals surface area contributed by atoms with E-state index in [0.717, 1.165) is 49.7 Å². The molecule has 4 aromatic rings. The third-order valence-electron chi connectivity index (χ3n) is 7.58. The van der Waals surface area contributed by atoms with Crippen molar-refractivity contribution in [3.05, 3.63) is 116 Å². The summed E-state index contributed by atoms with van der Waals surface area (Å²) in [5.41, 5.74) is 2.49. The summed E-state index contributed by atoms with van der Waals surface area (Å²) in [5.74, 6) is 0.568. The first kappa shape index (κ1) is 27.6. The highest BCUT2D eigenvalue weighted by molar-refractivity contribution is 7.85. The van der Waals surface area contributed by atoms with E-state index >= 15 is 0 Å². The number of unbranched alkanes of at least 4 members (excludes halogenated alkanes) is 1. The predicted octanol–water partition coefficient (Wildman–Crippen LogP) is 5.87. The third-order valence-corrected chi connectivity index (χ3v) is 9.40. The summed E-state index contributed by atoms with van der Waals surface area (Å²) in [6.45, 7) is 4.10. The maximum absolute atomic E-state index is 13.0. The molecule has 0 aliphatic heterocycles. The van der Waals surface area contributed by atoms with Gasteiger partial charge in [0.25, 0.3) is 11.1 Å². The van der Waals surface area contributed by atoms with E-state index in [1.165, 1.54) is 12.5 Å². The Balaban J connectivity index is 1.29. The summed E-state index contributed by atoms with van der Waals surface area (Å²) in [7, 11) is -0.952. The number of nitrogens with one attached hydrogen (secondary N) is 2. The predicted molar refractivity (Wildman–Crippen MR) is 150 cm³/mol. The summed E-state index contributed by atoms with van der Waals surface area (Å²) in [6, 6.07) is 19.9. The van der Waals surface area contributed by atoms with Crippen LogP contribution in [-0.2, 0) is 16.2 Å². The van der Waals surface area contributed by atoms with Gasteiger partial charge >= 0.3 is 0 Å². The Morgan fingerprint density at radius 2 is 1.50 bits per heavy atom. The second kappa shape index (κ2) is 12.9. The quantitative estimate of drug-likeness (QED) is 0.196. The molecule has 4 atom stereocenters. The van der Waals surface area contributed by atoms with E-state index in [0.29, 0.717) is 16.9 Å². The molecule has 0 spiro atoms. The standard InChI is InChI=1S/C30H36N2O5S/c1-22(12-11-17-25(23-13-5-3-6-14-23)26-20-36-31-28(26)33)38(35)19-10-9-18-30(2,24-15-7-4-8-16-24)27-21-37-32-29(27)34/h3-8,13-16,20-22,25H,9-12,17-19H2,1-2H3,(H,31,33)(H,32,34). The molecule has 0 radical (unpaired) electrons. The fraction of sp³-hybridized carbons (Fsp3) is 0.400. The minimum Gasteiger partial charge on any atom is -0.387 e. The zero-order valence-electron chi connectivity index (χ0n) is 22.0. The van der Waals surface area contributed by atoms with Crippen LogP contribution in [0, 0.1) is 0 Å². The van der Waals surface area contributed by atoms with Gasteiger partial charge < -0.3 is 9.05 Å². The lowest BCUT2D eigenvalue weighted by molar-refractivity contribution is 0.410. The highest BCUT2D eigenvalue weighted by atomic mass is 32.2. The van der Waals surface area contributed by atoms with E-state index in [1.54, 1.807) is 0 Å². The zero-order valence-corrected chi connectivity index (χ0v) is 22.8. The number of aromatic amines is 2. The van der Waals surface area contributed by atoms with Gasteiger partial charge in [0.05, 0.1) is 11.1 Å². The monoisotopic (exact) mass is 536 g/mol. The minimum atomic E-state index is -0.952. The molecule has 202 valence electrons. The maximum Gasteiger partial charge on any atom is 0.283 e. The van der Waals surface area contributed by atoms with Crippen LogP contribution in [-0.4, -0.2) is 25.5 Å². The largest absolute Gasteiger partial charge is 0.387 e. The van der Waals surface area contributed by atoms with Crippen LogP contribution in [0.1, 0.15) is 80.5 Å². The number of hydrogen-bond acceptors (Lipinski definition) is 5. The molecule has 2 aromatic heterocycles. The molecule has 2 heterocycles. The lowest BCUT2D eigenvalue weighted by Gasteiger charge is -2.28. The van der Waals surface area contributed by atoms with Crippen molar-refractivity contribution in [1.82, 2.24) is 10.3 Å². The molecule has 4 rings (SSSR count). The zero-order chi connectivity index (χ0) is 27.0. The summed E-state index contributed by atoms with van der Waals surface area (Å²) in [5, 5.41) is 4.87. The molecular formula is C30H36N2O5S. The molecule has 7 nitrogen and oxygen atoms in total. The van der Waals surface area contributed by atoms with Crippen molar-refractivity contribution in [3.8, 4) is 0 Å². The molecule has 0 amide bonds. The summed E-state index contributed by atoms with van der Waals surface area (Å²) in [4.78, 5) is 24.6. The SMILES string of the molecule is CC(CCCC(c1ccccc1)c1co[nH]c1=O)S(=O)CCCCC(C)(c1ccccc1)c1co[nH]c1=O. The van der Waals surface area contributed by atoms with Gasteiger partial charge in [0.1, 0.15) is 12.5 Å². The van der Waals surface area contributed by atoms with Crippen LogP contribution < -0.4 is 11.1 Å². The van der Waals surface area contributed by atoms with Gasteiger partial charge in [-0.3, -0.25) is 13.8 Å². The van der Waals surface area contributed by atoms with Crippen molar-refractivity contribution in [2.75, 3.05) is 5.75 Å². The van der Waals surface area contributed by atoms with Gasteiger partial charge in [-0.25, -0.2) is 0 Å². The van der Waals surface area contributed by atoms with Gasteiger partial charge in [0.2, 0.25) is 0 Å². The number of aromatic nitrogens is 2. The van der Waals surface area contributed by atoms with Crippen LogP contribution in [0.5, 0.6) is 0 Å². The lowest BCUT2D eigenvalue weighted by Crippen LogP contribution is -2.29. The fourth-order valence-electron chi connectivity index (χ4n) is 5.22. The molecule has 0 aliphatic carbocycles. The number of benzene rings is 2. The van der Waals surface area contributed by atoms with E-state index in [1.807, 2.05) is 67.6 Å². The number of hydrogen-bond donors (Lipinski definition) is 2. The Morgan fingerprint density at radius 1 is 0.842 bits per heavy atom. The molecule has 2 N–H and O–H groups in total. The van der Waals surface area contributed by atoms with Crippen molar-refractivity contribution in [2.45, 2.75) is 69.0 Å². The lowest BCUT2D eigenvalue weighted by atomic mass is 9.74. The molecular weight excluding hydrogens is 500 g/mol. The molecule has 0 saturated carbocycles. The molecule has 38 heavy (non-hydrogen) atoms. The summed E-state index contributed by atoms with van der Waals surface area (Å²) in [6.07, 6.45) is 7.87. The van der Waals surface area contributed by atoms with Gasteiger partial charge in [0, 0.05) is 33.1 Å². The summed E-state index contributed by atoms with van der Waals surface area (Å²) < 4.78 is 23.2. The Morgan fingerprint density at radius 3 is 2.13 bits per heavy atom. The van der Waals surface area contributed by atoms with Crippen LogP contribution in [0.15, 0.2) is 91.8 Å². The van der Waals surface area contributed by atoms with E-state index in [2.05, 4.69) is 17.2 Å². The number of rotatable bonds is 14. The van der Waals surface area contributed by atoms with E-state index < -0.39 is 16.2 Å². The second-order valence-electron chi connectivity index (χ2n) is 10.1. The van der Waals surface area contributed by atoms with E-state index in [9.17, 15) is 13.8 Å². The Hall–Kier alpha value is -3.39. The molecule has 0 saturated heterocycles. The topological polar surface area (TPSA) is 109 Å². The first-order chi connectivity index (χ1) is 18.4. The van der Waals surface area contributed by atoms with Gasteiger partial charge in [0.15, 0.2) is 0 Å². The van der Waals surface area contributed by atoms with Gasteiger partial charge in [-0.15, -0.1) is 0 Å². The van der Waals surface area contributed by atoms with Crippen molar-refractivity contribution >= 4 is 10.8 Å². The van der Waals surface area contributed by atoms with Crippen LogP contribution in [0.2, 0.25) is 0 Å². The second-order valence-corrected chi connectivity index (χ2v) is 12.1.